The van der Waals surface area contributed by atoms with Crippen molar-refractivity contribution in [3.05, 3.63) is 95.4 Å². The van der Waals surface area contributed by atoms with Crippen molar-refractivity contribution in [3.8, 4) is 5.75 Å². The van der Waals surface area contributed by atoms with Gasteiger partial charge in [-0.25, -0.2) is 4.99 Å². The summed E-state index contributed by atoms with van der Waals surface area (Å²) in [5, 5.41) is 11.1. The zero-order chi connectivity index (χ0) is 21.6. The molecule has 31 heavy (non-hydrogen) atoms. The van der Waals surface area contributed by atoms with Crippen molar-refractivity contribution >= 4 is 46.3 Å². The number of anilines is 1. The van der Waals surface area contributed by atoms with E-state index in [2.05, 4.69) is 4.99 Å². The van der Waals surface area contributed by atoms with E-state index in [-0.39, 0.29) is 5.91 Å². The highest BCUT2D eigenvalue weighted by atomic mass is 32.2. The van der Waals surface area contributed by atoms with Crippen LogP contribution in [0.5, 0.6) is 5.75 Å². The van der Waals surface area contributed by atoms with Crippen molar-refractivity contribution < 1.29 is 19.4 Å². The third kappa shape index (κ3) is 5.02. The number of aliphatic carboxylic acids is 1. The second-order valence-electron chi connectivity index (χ2n) is 6.55. The van der Waals surface area contributed by atoms with E-state index >= 15 is 0 Å². The molecular formula is C24H17N2O4S-. The fourth-order valence-corrected chi connectivity index (χ4v) is 3.92. The first-order valence-electron chi connectivity index (χ1n) is 9.46. The third-order valence-corrected chi connectivity index (χ3v) is 5.31. The summed E-state index contributed by atoms with van der Waals surface area (Å²) in [5.41, 5.74) is 2.28. The van der Waals surface area contributed by atoms with Gasteiger partial charge < -0.3 is 14.6 Å². The maximum atomic E-state index is 13.2. The number of aliphatic imine (C=N–C) groups is 1. The summed E-state index contributed by atoms with van der Waals surface area (Å²) in [5.74, 6) is -1.04. The van der Waals surface area contributed by atoms with Gasteiger partial charge in [0.2, 0.25) is 0 Å². The third-order valence-electron chi connectivity index (χ3n) is 4.34. The molecule has 7 heteroatoms. The standard InChI is InChI=1S/C24H18N2O4S/c27-22(28)16-30-20-13-11-17(12-14-20)15-21-23(29)26(19-9-5-2-6-10-19)24(31-21)25-18-7-3-1-4-8-18/h1-15H,16H2,(H,27,28)/p-1/b21-15-,25-24?. The van der Waals surface area contributed by atoms with Crippen LogP contribution in [0.15, 0.2) is 94.8 Å². The Hall–Kier alpha value is -3.84. The number of hydrogen-bond acceptors (Lipinski definition) is 6. The molecule has 3 aromatic carbocycles. The van der Waals surface area contributed by atoms with Crippen molar-refractivity contribution in [2.24, 2.45) is 4.99 Å². The van der Waals surface area contributed by atoms with Crippen LogP contribution in [0.4, 0.5) is 11.4 Å². The summed E-state index contributed by atoms with van der Waals surface area (Å²) in [7, 11) is 0. The van der Waals surface area contributed by atoms with Crippen molar-refractivity contribution in [2.45, 2.75) is 0 Å². The minimum Gasteiger partial charge on any atom is -0.546 e. The number of carboxylic acids is 1. The van der Waals surface area contributed by atoms with Gasteiger partial charge in [0.15, 0.2) is 5.17 Å². The fourth-order valence-electron chi connectivity index (χ4n) is 2.92. The molecule has 3 aromatic rings. The van der Waals surface area contributed by atoms with Crippen molar-refractivity contribution in [1.29, 1.82) is 0 Å². The molecule has 1 fully saturated rings. The van der Waals surface area contributed by atoms with E-state index in [0.717, 1.165) is 16.9 Å². The number of rotatable bonds is 6. The van der Waals surface area contributed by atoms with Gasteiger partial charge in [0.05, 0.1) is 22.2 Å². The number of amides is 1. The van der Waals surface area contributed by atoms with E-state index in [1.54, 1.807) is 35.2 Å². The lowest BCUT2D eigenvalue weighted by molar-refractivity contribution is -0.307. The SMILES string of the molecule is O=C([O-])COc1ccc(/C=C2\SC(=Nc3ccccc3)N(c3ccccc3)C2=O)cc1. The van der Waals surface area contributed by atoms with Crippen LogP contribution in [0, 0.1) is 0 Å². The van der Waals surface area contributed by atoms with Crippen LogP contribution in [0.2, 0.25) is 0 Å². The first-order valence-corrected chi connectivity index (χ1v) is 10.3. The number of carboxylic acid groups (broad SMARTS) is 1. The van der Waals surface area contributed by atoms with E-state index < -0.39 is 12.6 Å². The van der Waals surface area contributed by atoms with E-state index in [1.165, 1.54) is 11.8 Å². The van der Waals surface area contributed by atoms with Crippen LogP contribution in [0.1, 0.15) is 5.56 Å². The number of benzene rings is 3. The molecule has 1 amide bonds. The molecule has 6 nitrogen and oxygen atoms in total. The van der Waals surface area contributed by atoms with Crippen LogP contribution < -0.4 is 14.7 Å². The molecule has 4 rings (SSSR count). The predicted molar refractivity (Wildman–Crippen MR) is 120 cm³/mol. The van der Waals surface area contributed by atoms with Gasteiger partial charge in [-0.15, -0.1) is 0 Å². The Kier molecular flexibility index (Phi) is 6.14. The Morgan fingerprint density at radius 1 is 0.968 bits per heavy atom. The fraction of sp³-hybridized carbons (Fsp3) is 0.0417. The summed E-state index contributed by atoms with van der Waals surface area (Å²) in [6.07, 6.45) is 1.78. The average Bonchev–Trinajstić information content (AvgIpc) is 3.09. The molecule has 0 radical (unpaired) electrons. The molecule has 1 heterocycles. The molecular weight excluding hydrogens is 412 g/mol. The monoisotopic (exact) mass is 429 g/mol. The molecule has 0 aliphatic carbocycles. The molecule has 1 aliphatic heterocycles. The topological polar surface area (TPSA) is 82.0 Å². The van der Waals surface area contributed by atoms with Crippen LogP contribution in [0.25, 0.3) is 6.08 Å². The summed E-state index contributed by atoms with van der Waals surface area (Å²) in [4.78, 5) is 30.5. The zero-order valence-corrected chi connectivity index (χ0v) is 17.1. The van der Waals surface area contributed by atoms with Crippen molar-refractivity contribution in [3.63, 3.8) is 0 Å². The van der Waals surface area contributed by atoms with Gasteiger partial charge in [0, 0.05) is 0 Å². The summed E-state index contributed by atoms with van der Waals surface area (Å²) in [6, 6.07) is 25.7. The van der Waals surface area contributed by atoms with Crippen LogP contribution in [-0.4, -0.2) is 23.7 Å². The minimum absolute atomic E-state index is 0.164. The number of amidine groups is 1. The van der Waals surface area contributed by atoms with Crippen molar-refractivity contribution in [2.75, 3.05) is 11.5 Å². The van der Waals surface area contributed by atoms with Crippen LogP contribution >= 0.6 is 11.8 Å². The second-order valence-corrected chi connectivity index (χ2v) is 7.56. The molecule has 0 saturated carbocycles. The number of para-hydroxylation sites is 2. The quantitative estimate of drug-likeness (QED) is 0.559. The van der Waals surface area contributed by atoms with Gasteiger partial charge in [-0.1, -0.05) is 48.5 Å². The number of hydrogen-bond donors (Lipinski definition) is 0. The molecule has 0 aromatic heterocycles. The van der Waals surface area contributed by atoms with E-state index in [1.807, 2.05) is 60.7 Å². The predicted octanol–water partition coefficient (Wildman–Crippen LogP) is 3.62. The number of ether oxygens (including phenoxy) is 1. The highest BCUT2D eigenvalue weighted by molar-refractivity contribution is 8.19. The molecule has 154 valence electrons. The number of carbonyl (C=O) groups is 2. The molecule has 1 aliphatic rings. The first kappa shape index (κ1) is 20.4. The molecule has 0 N–H and O–H groups in total. The second kappa shape index (κ2) is 9.32. The van der Waals surface area contributed by atoms with Gasteiger partial charge >= 0.3 is 0 Å². The summed E-state index contributed by atoms with van der Waals surface area (Å²) >= 11 is 1.30. The van der Waals surface area contributed by atoms with Crippen molar-refractivity contribution in [1.82, 2.24) is 0 Å². The molecule has 1 saturated heterocycles. The number of thioether (sulfide) groups is 1. The van der Waals surface area contributed by atoms with E-state index in [9.17, 15) is 14.7 Å². The Balaban J connectivity index is 1.64. The lowest BCUT2D eigenvalue weighted by Gasteiger charge is -2.15. The van der Waals surface area contributed by atoms with Gasteiger partial charge in [0.1, 0.15) is 12.4 Å². The maximum Gasteiger partial charge on any atom is 0.271 e. The Labute approximate surface area is 183 Å². The van der Waals surface area contributed by atoms with E-state index in [4.69, 9.17) is 4.74 Å². The zero-order valence-electron chi connectivity index (χ0n) is 16.3. The largest absolute Gasteiger partial charge is 0.546 e. The Bertz CT molecular complexity index is 1140. The van der Waals surface area contributed by atoms with Gasteiger partial charge in [-0.3, -0.25) is 9.69 Å². The maximum absolute atomic E-state index is 13.2. The van der Waals surface area contributed by atoms with Gasteiger partial charge in [-0.05, 0) is 59.8 Å². The average molecular weight is 429 g/mol. The normalized spacial score (nSPS) is 16.1. The highest BCUT2D eigenvalue weighted by Gasteiger charge is 2.34. The molecule has 0 unspecified atom stereocenters. The number of nitrogens with zero attached hydrogens (tertiary/aromatic N) is 2. The Morgan fingerprint density at radius 2 is 1.61 bits per heavy atom. The summed E-state index contributed by atoms with van der Waals surface area (Å²) in [6.45, 7) is -0.514. The van der Waals surface area contributed by atoms with Crippen LogP contribution in [0.3, 0.4) is 0 Å². The Morgan fingerprint density at radius 3 is 2.26 bits per heavy atom. The summed E-state index contributed by atoms with van der Waals surface area (Å²) < 4.78 is 5.09. The van der Waals surface area contributed by atoms with E-state index in [0.29, 0.717) is 15.8 Å². The lowest BCUT2D eigenvalue weighted by Crippen LogP contribution is -2.28. The van der Waals surface area contributed by atoms with Gasteiger partial charge in [-0.2, -0.15) is 0 Å². The minimum atomic E-state index is -1.29. The first-order chi connectivity index (χ1) is 15.1. The number of carbonyl (C=O) groups excluding carboxylic acids is 2. The highest BCUT2D eigenvalue weighted by Crippen LogP contribution is 2.37. The lowest BCUT2D eigenvalue weighted by atomic mass is 10.2. The molecule has 0 atom stereocenters. The molecule has 0 spiro atoms. The van der Waals surface area contributed by atoms with Gasteiger partial charge in [0.25, 0.3) is 5.91 Å². The van der Waals surface area contributed by atoms with Crippen LogP contribution in [-0.2, 0) is 9.59 Å². The molecule has 0 bridgehead atoms. The smallest absolute Gasteiger partial charge is 0.271 e.